The monoisotopic (exact) mass is 214 g/mol. The molecule has 3 heteroatoms. The van der Waals surface area contributed by atoms with Crippen LogP contribution in [0.15, 0.2) is 35.1 Å². The zero-order chi connectivity index (χ0) is 11.0. The molecule has 1 heterocycles. The molecule has 0 spiro atoms. The fraction of sp³-hybridized carbons (Fsp3) is 0.308. The van der Waals surface area contributed by atoms with Crippen molar-refractivity contribution in [2.45, 2.75) is 25.2 Å². The highest BCUT2D eigenvalue weighted by molar-refractivity contribution is 5.28. The van der Waals surface area contributed by atoms with Crippen LogP contribution in [0, 0.1) is 0 Å². The summed E-state index contributed by atoms with van der Waals surface area (Å²) in [6, 6.07) is 10.5. The lowest BCUT2D eigenvalue weighted by atomic mass is 9.83. The van der Waals surface area contributed by atoms with E-state index < -0.39 is 0 Å². The highest BCUT2D eigenvalue weighted by Gasteiger charge is 2.23. The Morgan fingerprint density at radius 3 is 2.75 bits per heavy atom. The van der Waals surface area contributed by atoms with Crippen LogP contribution >= 0.6 is 0 Å². The van der Waals surface area contributed by atoms with Crippen molar-refractivity contribution in [2.75, 3.05) is 0 Å². The summed E-state index contributed by atoms with van der Waals surface area (Å²) in [6.07, 6.45) is 2.94. The van der Waals surface area contributed by atoms with Gasteiger partial charge in [0.1, 0.15) is 0 Å². The van der Waals surface area contributed by atoms with Gasteiger partial charge in [-0.05, 0) is 30.7 Å². The minimum Gasteiger partial charge on any atom is -0.302 e. The molecule has 1 aromatic heterocycles. The number of nitrogens with one attached hydrogen (secondary N) is 2. The summed E-state index contributed by atoms with van der Waals surface area (Å²) in [4.78, 5) is 11.6. The van der Waals surface area contributed by atoms with Crippen molar-refractivity contribution in [3.8, 4) is 0 Å². The van der Waals surface area contributed by atoms with Crippen molar-refractivity contribution in [2.24, 2.45) is 0 Å². The molecule has 2 aromatic rings. The molecule has 0 bridgehead atoms. The summed E-state index contributed by atoms with van der Waals surface area (Å²) in [7, 11) is 0. The molecule has 3 nitrogen and oxygen atoms in total. The lowest BCUT2D eigenvalue weighted by Crippen LogP contribution is -2.17. The second-order valence-electron chi connectivity index (χ2n) is 4.39. The molecule has 1 aliphatic carbocycles. The van der Waals surface area contributed by atoms with Crippen LogP contribution in [0.5, 0.6) is 0 Å². The van der Waals surface area contributed by atoms with Crippen molar-refractivity contribution in [1.82, 2.24) is 10.2 Å². The molecule has 3 rings (SSSR count). The predicted molar refractivity (Wildman–Crippen MR) is 62.6 cm³/mol. The van der Waals surface area contributed by atoms with E-state index in [9.17, 15) is 4.79 Å². The Balaban J connectivity index is 1.93. The predicted octanol–water partition coefficient (Wildman–Crippen LogP) is 1.98. The van der Waals surface area contributed by atoms with Gasteiger partial charge in [-0.1, -0.05) is 30.3 Å². The van der Waals surface area contributed by atoms with E-state index in [1.165, 1.54) is 5.56 Å². The smallest absolute Gasteiger partial charge is 0.267 e. The summed E-state index contributed by atoms with van der Waals surface area (Å²) in [5.41, 5.74) is 3.43. The first-order valence-electron chi connectivity index (χ1n) is 5.68. The highest BCUT2D eigenvalue weighted by Crippen LogP contribution is 2.29. The van der Waals surface area contributed by atoms with Gasteiger partial charge in [0.25, 0.3) is 5.56 Å². The second kappa shape index (κ2) is 3.67. The van der Waals surface area contributed by atoms with Gasteiger partial charge in [0.15, 0.2) is 0 Å². The van der Waals surface area contributed by atoms with Gasteiger partial charge in [-0.2, -0.15) is 0 Å². The van der Waals surface area contributed by atoms with Crippen LogP contribution in [-0.2, 0) is 12.8 Å². The maximum atomic E-state index is 11.6. The number of fused-ring (bicyclic) bond motifs is 1. The van der Waals surface area contributed by atoms with E-state index >= 15 is 0 Å². The van der Waals surface area contributed by atoms with Gasteiger partial charge >= 0.3 is 0 Å². The molecule has 1 aliphatic rings. The Morgan fingerprint density at radius 1 is 1.12 bits per heavy atom. The zero-order valence-electron chi connectivity index (χ0n) is 8.99. The van der Waals surface area contributed by atoms with Gasteiger partial charge in [0.05, 0.1) is 0 Å². The van der Waals surface area contributed by atoms with Gasteiger partial charge < -0.3 is 5.10 Å². The molecule has 2 N–H and O–H groups in total. The van der Waals surface area contributed by atoms with E-state index in [-0.39, 0.29) is 5.56 Å². The molecule has 1 aromatic carbocycles. The third-order valence-corrected chi connectivity index (χ3v) is 3.43. The molecule has 0 amide bonds. The topological polar surface area (TPSA) is 48.6 Å². The molecule has 0 aliphatic heterocycles. The van der Waals surface area contributed by atoms with Crippen molar-refractivity contribution in [1.29, 1.82) is 0 Å². The van der Waals surface area contributed by atoms with E-state index in [1.54, 1.807) is 0 Å². The Hall–Kier alpha value is -1.77. The molecular formula is C13H14N2O. The number of hydrogen-bond donors (Lipinski definition) is 2. The molecule has 0 radical (unpaired) electrons. The maximum Gasteiger partial charge on any atom is 0.267 e. The average molecular weight is 214 g/mol. The van der Waals surface area contributed by atoms with E-state index in [2.05, 4.69) is 34.5 Å². The molecular weight excluding hydrogens is 200 g/mol. The van der Waals surface area contributed by atoms with Crippen molar-refractivity contribution in [3.05, 3.63) is 57.5 Å². The zero-order valence-corrected chi connectivity index (χ0v) is 8.99. The van der Waals surface area contributed by atoms with Crippen LogP contribution in [0.3, 0.4) is 0 Å². The van der Waals surface area contributed by atoms with Crippen molar-refractivity contribution < 1.29 is 0 Å². The first-order chi connectivity index (χ1) is 7.84. The molecule has 0 fully saturated rings. The number of aromatic amines is 2. The fourth-order valence-electron chi connectivity index (χ4n) is 2.53. The van der Waals surface area contributed by atoms with Crippen LogP contribution in [0.4, 0.5) is 0 Å². The molecule has 0 saturated carbocycles. The lowest BCUT2D eigenvalue weighted by molar-refractivity contribution is 0.578. The highest BCUT2D eigenvalue weighted by atomic mass is 16.1. The number of hydrogen-bond acceptors (Lipinski definition) is 1. The van der Waals surface area contributed by atoms with Crippen LogP contribution in [0.2, 0.25) is 0 Å². The standard InChI is InChI=1S/C13H14N2O/c16-13-11-8-10(6-7-12(11)14-15-13)9-4-2-1-3-5-9/h1-5,10H,6-8H2,(H2,14,15,16)/t10-/m1/s1. The lowest BCUT2D eigenvalue weighted by Gasteiger charge is -2.21. The SMILES string of the molecule is O=c1[nH][nH]c2c1C[C@H](c1ccccc1)CC2. The normalized spacial score (nSPS) is 19.4. The largest absolute Gasteiger partial charge is 0.302 e. The van der Waals surface area contributed by atoms with E-state index in [0.29, 0.717) is 5.92 Å². The van der Waals surface area contributed by atoms with Crippen LogP contribution in [0.25, 0.3) is 0 Å². The van der Waals surface area contributed by atoms with Crippen molar-refractivity contribution >= 4 is 0 Å². The Kier molecular flexibility index (Phi) is 2.17. The summed E-state index contributed by atoms with van der Waals surface area (Å²) in [5, 5.41) is 5.63. The van der Waals surface area contributed by atoms with Gasteiger partial charge in [-0.25, -0.2) is 0 Å². The van der Waals surface area contributed by atoms with E-state index in [4.69, 9.17) is 0 Å². The molecule has 0 unspecified atom stereocenters. The summed E-state index contributed by atoms with van der Waals surface area (Å²) >= 11 is 0. The van der Waals surface area contributed by atoms with Gasteiger partial charge in [0, 0.05) is 11.3 Å². The Morgan fingerprint density at radius 2 is 1.94 bits per heavy atom. The minimum absolute atomic E-state index is 0.0515. The van der Waals surface area contributed by atoms with Crippen LogP contribution in [0.1, 0.15) is 29.2 Å². The Bertz CT molecular complexity index is 539. The van der Waals surface area contributed by atoms with Crippen molar-refractivity contribution in [3.63, 3.8) is 0 Å². The number of aromatic nitrogens is 2. The fourth-order valence-corrected chi connectivity index (χ4v) is 2.53. The third kappa shape index (κ3) is 1.48. The summed E-state index contributed by atoms with van der Waals surface area (Å²) in [5.74, 6) is 0.491. The molecule has 16 heavy (non-hydrogen) atoms. The first kappa shape index (κ1) is 9.46. The number of H-pyrrole nitrogens is 2. The van der Waals surface area contributed by atoms with Gasteiger partial charge in [-0.15, -0.1) is 0 Å². The average Bonchev–Trinajstić information content (AvgIpc) is 2.72. The van der Waals surface area contributed by atoms with E-state index in [0.717, 1.165) is 30.5 Å². The van der Waals surface area contributed by atoms with Crippen LogP contribution < -0.4 is 5.56 Å². The maximum absolute atomic E-state index is 11.6. The quantitative estimate of drug-likeness (QED) is 0.749. The number of aryl methyl sites for hydroxylation is 1. The van der Waals surface area contributed by atoms with E-state index in [1.807, 2.05) is 6.07 Å². The molecule has 0 saturated heterocycles. The Labute approximate surface area is 93.5 Å². The summed E-state index contributed by atoms with van der Waals surface area (Å²) in [6.45, 7) is 0. The van der Waals surface area contributed by atoms with Crippen LogP contribution in [-0.4, -0.2) is 10.2 Å². The number of rotatable bonds is 1. The molecule has 82 valence electrons. The summed E-state index contributed by atoms with van der Waals surface area (Å²) < 4.78 is 0. The minimum atomic E-state index is 0.0515. The molecule has 1 atom stereocenters. The number of benzene rings is 1. The van der Waals surface area contributed by atoms with Gasteiger partial charge in [0.2, 0.25) is 0 Å². The first-order valence-corrected chi connectivity index (χ1v) is 5.68. The third-order valence-electron chi connectivity index (χ3n) is 3.43. The van der Waals surface area contributed by atoms with Gasteiger partial charge in [-0.3, -0.25) is 9.89 Å². The second-order valence-corrected chi connectivity index (χ2v) is 4.39.